The Morgan fingerprint density at radius 2 is 2.12 bits per heavy atom. The molecule has 0 aliphatic heterocycles. The van der Waals surface area contributed by atoms with Crippen molar-refractivity contribution in [3.05, 3.63) is 29.3 Å². The van der Waals surface area contributed by atoms with E-state index in [9.17, 15) is 4.79 Å². The Balaban J connectivity index is 2.76. The molecular weight excluding hydrogens is 202 g/mol. The van der Waals surface area contributed by atoms with Gasteiger partial charge in [-0.1, -0.05) is 6.92 Å². The van der Waals surface area contributed by atoms with E-state index in [0.29, 0.717) is 18.7 Å². The van der Waals surface area contributed by atoms with Gasteiger partial charge in [-0.05, 0) is 44.0 Å². The Morgan fingerprint density at radius 3 is 2.69 bits per heavy atom. The molecule has 0 spiro atoms. The molecule has 0 aliphatic rings. The van der Waals surface area contributed by atoms with E-state index in [2.05, 4.69) is 5.32 Å². The van der Waals surface area contributed by atoms with E-state index in [0.717, 1.165) is 17.7 Å². The van der Waals surface area contributed by atoms with Crippen LogP contribution in [0, 0.1) is 6.92 Å². The lowest BCUT2D eigenvalue weighted by molar-refractivity contribution is 0.0953. The summed E-state index contributed by atoms with van der Waals surface area (Å²) in [5.74, 6) is 0.822. The number of hydrogen-bond acceptors (Lipinski definition) is 2. The van der Waals surface area contributed by atoms with Crippen molar-refractivity contribution in [2.75, 3.05) is 13.2 Å². The predicted octanol–water partition coefficient (Wildman–Crippen LogP) is 2.53. The van der Waals surface area contributed by atoms with Crippen molar-refractivity contribution in [1.29, 1.82) is 0 Å². The molecule has 0 unspecified atom stereocenters. The van der Waals surface area contributed by atoms with E-state index >= 15 is 0 Å². The first-order valence-electron chi connectivity index (χ1n) is 5.70. The normalized spacial score (nSPS) is 9.94. The largest absolute Gasteiger partial charge is 0.494 e. The molecule has 0 fully saturated rings. The second-order valence-corrected chi connectivity index (χ2v) is 3.67. The Labute approximate surface area is 96.8 Å². The average Bonchev–Trinajstić information content (AvgIpc) is 2.29. The monoisotopic (exact) mass is 221 g/mol. The van der Waals surface area contributed by atoms with Gasteiger partial charge in [0.15, 0.2) is 0 Å². The Hall–Kier alpha value is -1.51. The number of nitrogens with one attached hydrogen (secondary N) is 1. The predicted molar refractivity (Wildman–Crippen MR) is 65.0 cm³/mol. The topological polar surface area (TPSA) is 38.3 Å². The summed E-state index contributed by atoms with van der Waals surface area (Å²) >= 11 is 0. The maximum Gasteiger partial charge on any atom is 0.251 e. The molecule has 0 atom stereocenters. The first kappa shape index (κ1) is 12.6. The molecular formula is C13H19NO2. The summed E-state index contributed by atoms with van der Waals surface area (Å²) < 4.78 is 5.42. The van der Waals surface area contributed by atoms with Crippen LogP contribution in [0.15, 0.2) is 18.2 Å². The Kier molecular flexibility index (Phi) is 4.83. The minimum atomic E-state index is -0.0204. The summed E-state index contributed by atoms with van der Waals surface area (Å²) in [5.41, 5.74) is 1.68. The van der Waals surface area contributed by atoms with Crippen LogP contribution < -0.4 is 10.1 Å². The highest BCUT2D eigenvalue weighted by Crippen LogP contribution is 2.18. The molecule has 0 saturated carbocycles. The molecule has 1 N–H and O–H groups in total. The van der Waals surface area contributed by atoms with Crippen molar-refractivity contribution in [2.24, 2.45) is 0 Å². The minimum absolute atomic E-state index is 0.0204. The molecule has 3 heteroatoms. The third-order valence-corrected chi connectivity index (χ3v) is 2.27. The SMILES string of the molecule is CCCNC(=O)c1ccc(OCC)c(C)c1. The molecule has 1 rings (SSSR count). The van der Waals surface area contributed by atoms with Gasteiger partial charge in [0.05, 0.1) is 6.61 Å². The highest BCUT2D eigenvalue weighted by Gasteiger charge is 2.07. The van der Waals surface area contributed by atoms with E-state index in [-0.39, 0.29) is 5.91 Å². The molecule has 3 nitrogen and oxygen atoms in total. The maximum atomic E-state index is 11.7. The van der Waals surface area contributed by atoms with Gasteiger partial charge in [-0.2, -0.15) is 0 Å². The minimum Gasteiger partial charge on any atom is -0.494 e. The summed E-state index contributed by atoms with van der Waals surface area (Å²) in [4.78, 5) is 11.7. The highest BCUT2D eigenvalue weighted by molar-refractivity contribution is 5.94. The Bertz CT molecular complexity index is 361. The van der Waals surface area contributed by atoms with E-state index in [4.69, 9.17) is 4.74 Å². The molecule has 1 amide bonds. The van der Waals surface area contributed by atoms with Gasteiger partial charge in [0.25, 0.3) is 5.91 Å². The van der Waals surface area contributed by atoms with Crippen molar-refractivity contribution in [1.82, 2.24) is 5.32 Å². The van der Waals surface area contributed by atoms with E-state index in [1.165, 1.54) is 0 Å². The summed E-state index contributed by atoms with van der Waals surface area (Å²) in [5, 5.41) is 2.85. The summed E-state index contributed by atoms with van der Waals surface area (Å²) in [6.45, 7) is 7.28. The molecule has 0 radical (unpaired) electrons. The second kappa shape index (κ2) is 6.16. The van der Waals surface area contributed by atoms with Crippen LogP contribution in [0.4, 0.5) is 0 Å². The van der Waals surface area contributed by atoms with Gasteiger partial charge in [-0.15, -0.1) is 0 Å². The van der Waals surface area contributed by atoms with E-state index in [1.807, 2.05) is 32.9 Å². The van der Waals surface area contributed by atoms with Gasteiger partial charge in [0.2, 0.25) is 0 Å². The zero-order chi connectivity index (χ0) is 12.0. The highest BCUT2D eigenvalue weighted by atomic mass is 16.5. The van der Waals surface area contributed by atoms with Crippen molar-refractivity contribution in [2.45, 2.75) is 27.2 Å². The van der Waals surface area contributed by atoms with Crippen LogP contribution in [0.5, 0.6) is 5.75 Å². The first-order chi connectivity index (χ1) is 7.69. The van der Waals surface area contributed by atoms with Crippen LogP contribution in [0.25, 0.3) is 0 Å². The molecule has 0 aliphatic carbocycles. The van der Waals surface area contributed by atoms with Crippen LogP contribution >= 0.6 is 0 Å². The third kappa shape index (κ3) is 3.26. The number of ether oxygens (including phenoxy) is 1. The van der Waals surface area contributed by atoms with Crippen molar-refractivity contribution in [3.8, 4) is 5.75 Å². The molecule has 0 saturated heterocycles. The molecule has 0 aromatic heterocycles. The Morgan fingerprint density at radius 1 is 1.38 bits per heavy atom. The molecule has 16 heavy (non-hydrogen) atoms. The van der Waals surface area contributed by atoms with Gasteiger partial charge >= 0.3 is 0 Å². The average molecular weight is 221 g/mol. The smallest absolute Gasteiger partial charge is 0.251 e. The zero-order valence-corrected chi connectivity index (χ0v) is 10.2. The summed E-state index contributed by atoms with van der Waals surface area (Å²) in [6.07, 6.45) is 0.946. The lowest BCUT2D eigenvalue weighted by atomic mass is 10.1. The van der Waals surface area contributed by atoms with Crippen LogP contribution in [0.1, 0.15) is 36.2 Å². The zero-order valence-electron chi connectivity index (χ0n) is 10.2. The fraction of sp³-hybridized carbons (Fsp3) is 0.462. The van der Waals surface area contributed by atoms with Crippen LogP contribution in [0.2, 0.25) is 0 Å². The number of carbonyl (C=O) groups is 1. The summed E-state index contributed by atoms with van der Waals surface area (Å²) in [7, 11) is 0. The van der Waals surface area contributed by atoms with E-state index < -0.39 is 0 Å². The standard InChI is InChI=1S/C13H19NO2/c1-4-8-14-13(15)11-6-7-12(16-5-2)10(3)9-11/h6-7,9H,4-5,8H2,1-3H3,(H,14,15). The van der Waals surface area contributed by atoms with Crippen LogP contribution in [-0.4, -0.2) is 19.1 Å². The van der Waals surface area contributed by atoms with Crippen LogP contribution in [-0.2, 0) is 0 Å². The van der Waals surface area contributed by atoms with Crippen LogP contribution in [0.3, 0.4) is 0 Å². The maximum absolute atomic E-state index is 11.7. The molecule has 1 aromatic carbocycles. The quantitative estimate of drug-likeness (QED) is 0.829. The van der Waals surface area contributed by atoms with Gasteiger partial charge in [0.1, 0.15) is 5.75 Å². The van der Waals surface area contributed by atoms with Crippen molar-refractivity contribution < 1.29 is 9.53 Å². The number of amides is 1. The summed E-state index contributed by atoms with van der Waals surface area (Å²) in [6, 6.07) is 5.50. The fourth-order valence-electron chi connectivity index (χ4n) is 1.45. The lowest BCUT2D eigenvalue weighted by Crippen LogP contribution is -2.23. The molecule has 0 heterocycles. The number of rotatable bonds is 5. The molecule has 1 aromatic rings. The first-order valence-corrected chi connectivity index (χ1v) is 5.70. The van der Waals surface area contributed by atoms with Gasteiger partial charge in [0, 0.05) is 12.1 Å². The van der Waals surface area contributed by atoms with Gasteiger partial charge < -0.3 is 10.1 Å². The molecule has 0 bridgehead atoms. The number of aryl methyl sites for hydroxylation is 1. The van der Waals surface area contributed by atoms with Gasteiger partial charge in [-0.3, -0.25) is 4.79 Å². The fourth-order valence-corrected chi connectivity index (χ4v) is 1.45. The van der Waals surface area contributed by atoms with Crippen molar-refractivity contribution in [3.63, 3.8) is 0 Å². The second-order valence-electron chi connectivity index (χ2n) is 3.67. The number of benzene rings is 1. The van der Waals surface area contributed by atoms with Crippen molar-refractivity contribution >= 4 is 5.91 Å². The number of hydrogen-bond donors (Lipinski definition) is 1. The third-order valence-electron chi connectivity index (χ3n) is 2.27. The van der Waals surface area contributed by atoms with Gasteiger partial charge in [-0.25, -0.2) is 0 Å². The lowest BCUT2D eigenvalue weighted by Gasteiger charge is -2.09. The number of carbonyl (C=O) groups excluding carboxylic acids is 1. The van der Waals surface area contributed by atoms with E-state index in [1.54, 1.807) is 6.07 Å². The molecule has 88 valence electrons.